The van der Waals surface area contributed by atoms with Crippen LogP contribution in [0.3, 0.4) is 0 Å². The van der Waals surface area contributed by atoms with Crippen molar-refractivity contribution in [1.82, 2.24) is 4.98 Å². The summed E-state index contributed by atoms with van der Waals surface area (Å²) in [6.45, 7) is 3.15. The first-order valence-electron chi connectivity index (χ1n) is 7.55. The monoisotopic (exact) mass is 345 g/mol. The number of fused-ring (bicyclic) bond motifs is 2. The van der Waals surface area contributed by atoms with Crippen LogP contribution in [0, 0.1) is 10.1 Å². The largest absolute Gasteiger partial charge is 0.341 e. The van der Waals surface area contributed by atoms with Gasteiger partial charge in [-0.05, 0) is 35.9 Å². The summed E-state index contributed by atoms with van der Waals surface area (Å²) >= 11 is 3.38. The van der Waals surface area contributed by atoms with E-state index in [0.717, 1.165) is 34.7 Å². The second kappa shape index (κ2) is 5.58. The molecule has 23 heavy (non-hydrogen) atoms. The van der Waals surface area contributed by atoms with Crippen molar-refractivity contribution >= 4 is 43.7 Å². The highest BCUT2D eigenvalue weighted by Gasteiger charge is 2.29. The number of nitro benzene ring substituents is 1. The molecule has 0 radical (unpaired) electrons. The van der Waals surface area contributed by atoms with Crippen molar-refractivity contribution in [3.8, 4) is 0 Å². The Morgan fingerprint density at radius 3 is 3.09 bits per heavy atom. The molecule has 3 heterocycles. The minimum absolute atomic E-state index is 0.124. The number of non-ortho nitro benzene ring substituents is 1. The molecule has 0 saturated carbocycles. The van der Waals surface area contributed by atoms with Gasteiger partial charge in [0, 0.05) is 23.6 Å². The van der Waals surface area contributed by atoms with E-state index in [1.807, 2.05) is 11.3 Å². The third kappa shape index (κ3) is 2.40. The topological polar surface area (TPSA) is 59.3 Å². The average Bonchev–Trinajstić information content (AvgIpc) is 3.18. The van der Waals surface area contributed by atoms with E-state index in [1.54, 1.807) is 23.5 Å². The van der Waals surface area contributed by atoms with Crippen LogP contribution in [-0.2, 0) is 6.42 Å². The van der Waals surface area contributed by atoms with Crippen LogP contribution in [-0.4, -0.2) is 16.5 Å². The second-order valence-corrected chi connectivity index (χ2v) is 7.58. The van der Waals surface area contributed by atoms with Crippen molar-refractivity contribution in [2.75, 3.05) is 11.4 Å². The fraction of sp³-hybridized carbons (Fsp3) is 0.312. The predicted octanol–water partition coefficient (Wildman–Crippen LogP) is 4.78. The van der Waals surface area contributed by atoms with Crippen LogP contribution in [0.4, 0.5) is 10.8 Å². The van der Waals surface area contributed by atoms with Crippen molar-refractivity contribution in [3.05, 3.63) is 50.2 Å². The van der Waals surface area contributed by atoms with Crippen LogP contribution < -0.4 is 4.90 Å². The molecule has 0 bridgehead atoms. The van der Waals surface area contributed by atoms with Crippen LogP contribution in [0.1, 0.15) is 29.8 Å². The highest BCUT2D eigenvalue weighted by atomic mass is 32.1. The Balaban J connectivity index is 1.75. The number of thiazole rings is 1. The lowest BCUT2D eigenvalue weighted by molar-refractivity contribution is -0.384. The third-order valence-electron chi connectivity index (χ3n) is 4.30. The van der Waals surface area contributed by atoms with Gasteiger partial charge in [0.2, 0.25) is 0 Å². The maximum absolute atomic E-state index is 10.9. The Morgan fingerprint density at radius 1 is 1.43 bits per heavy atom. The first-order valence-corrected chi connectivity index (χ1v) is 9.25. The maximum Gasteiger partial charge on any atom is 0.270 e. The molecule has 0 amide bonds. The number of hydrogen-bond acceptors (Lipinski definition) is 6. The van der Waals surface area contributed by atoms with Gasteiger partial charge in [0.05, 0.1) is 21.2 Å². The van der Waals surface area contributed by atoms with E-state index in [0.29, 0.717) is 6.04 Å². The van der Waals surface area contributed by atoms with Gasteiger partial charge < -0.3 is 4.90 Å². The maximum atomic E-state index is 10.9. The van der Waals surface area contributed by atoms with Crippen molar-refractivity contribution in [3.63, 3.8) is 0 Å². The Hall–Kier alpha value is -1.99. The highest BCUT2D eigenvalue weighted by molar-refractivity contribution is 7.22. The van der Waals surface area contributed by atoms with Gasteiger partial charge in [-0.15, -0.1) is 11.3 Å². The third-order valence-corrected chi connectivity index (χ3v) is 6.35. The number of anilines is 1. The minimum atomic E-state index is -0.355. The zero-order valence-corrected chi connectivity index (χ0v) is 14.2. The lowest BCUT2D eigenvalue weighted by atomic mass is 9.98. The van der Waals surface area contributed by atoms with Gasteiger partial charge in [-0.1, -0.05) is 18.3 Å². The van der Waals surface area contributed by atoms with Crippen molar-refractivity contribution in [1.29, 1.82) is 0 Å². The van der Waals surface area contributed by atoms with Gasteiger partial charge in [0.25, 0.3) is 5.69 Å². The normalized spacial score (nSPS) is 17.4. The molecule has 1 aliphatic rings. The molecule has 0 saturated heterocycles. The first kappa shape index (κ1) is 14.6. The number of nitro groups is 1. The second-order valence-electron chi connectivity index (χ2n) is 5.57. The van der Waals surface area contributed by atoms with Gasteiger partial charge >= 0.3 is 0 Å². The van der Waals surface area contributed by atoms with Gasteiger partial charge in [-0.25, -0.2) is 4.98 Å². The molecule has 4 rings (SSSR count). The van der Waals surface area contributed by atoms with E-state index >= 15 is 0 Å². The summed E-state index contributed by atoms with van der Waals surface area (Å²) < 4.78 is 0.875. The van der Waals surface area contributed by atoms with Crippen molar-refractivity contribution in [2.24, 2.45) is 0 Å². The molecular weight excluding hydrogens is 330 g/mol. The molecule has 3 aromatic rings. The van der Waals surface area contributed by atoms with E-state index in [-0.39, 0.29) is 10.6 Å². The van der Waals surface area contributed by atoms with Gasteiger partial charge in [0.1, 0.15) is 0 Å². The van der Waals surface area contributed by atoms with E-state index in [1.165, 1.54) is 16.5 Å². The smallest absolute Gasteiger partial charge is 0.270 e. The summed E-state index contributed by atoms with van der Waals surface area (Å²) in [5.41, 5.74) is 2.37. The van der Waals surface area contributed by atoms with E-state index < -0.39 is 0 Å². The molecule has 1 atom stereocenters. The molecule has 1 aromatic carbocycles. The number of rotatable bonds is 3. The molecule has 1 unspecified atom stereocenters. The zero-order chi connectivity index (χ0) is 16.0. The van der Waals surface area contributed by atoms with Gasteiger partial charge in [-0.3, -0.25) is 10.1 Å². The van der Waals surface area contributed by atoms with Crippen molar-refractivity contribution < 1.29 is 4.92 Å². The van der Waals surface area contributed by atoms with E-state index in [9.17, 15) is 10.1 Å². The fourth-order valence-corrected chi connectivity index (χ4v) is 5.21. The van der Waals surface area contributed by atoms with Crippen LogP contribution in [0.2, 0.25) is 0 Å². The standard InChI is InChI=1S/C16H15N3O2S2/c1-2-13-11-6-8-22-14(11)5-7-18(13)16-17-12-4-3-10(19(20)21)9-15(12)23-16/h3-4,6,8-9,13H,2,5,7H2,1H3. The molecule has 0 spiro atoms. The Labute approximate surface area is 141 Å². The number of benzene rings is 1. The molecule has 2 aromatic heterocycles. The zero-order valence-electron chi connectivity index (χ0n) is 12.6. The predicted molar refractivity (Wildman–Crippen MR) is 94.7 cm³/mol. The summed E-state index contributed by atoms with van der Waals surface area (Å²) in [7, 11) is 0. The number of nitrogens with zero attached hydrogens (tertiary/aromatic N) is 3. The summed E-state index contributed by atoms with van der Waals surface area (Å²) in [6.07, 6.45) is 2.07. The van der Waals surface area contributed by atoms with E-state index in [2.05, 4.69) is 23.3 Å². The molecule has 0 fully saturated rings. The molecule has 5 nitrogen and oxygen atoms in total. The molecule has 1 aliphatic heterocycles. The van der Waals surface area contributed by atoms with Gasteiger partial charge in [0.15, 0.2) is 5.13 Å². The highest BCUT2D eigenvalue weighted by Crippen LogP contribution is 2.41. The molecule has 118 valence electrons. The molecular formula is C16H15N3O2S2. The SMILES string of the molecule is CCC1c2ccsc2CCN1c1nc2ccc([N+](=O)[O-])cc2s1. The van der Waals surface area contributed by atoms with Crippen LogP contribution in [0.25, 0.3) is 10.2 Å². The minimum Gasteiger partial charge on any atom is -0.341 e. The quantitative estimate of drug-likeness (QED) is 0.506. The summed E-state index contributed by atoms with van der Waals surface area (Å²) in [6, 6.07) is 7.46. The Kier molecular flexibility index (Phi) is 3.54. The van der Waals surface area contributed by atoms with Crippen LogP contribution in [0.15, 0.2) is 29.6 Å². The Bertz CT molecular complexity index is 886. The number of aromatic nitrogens is 1. The summed E-state index contributed by atoms with van der Waals surface area (Å²) in [5, 5.41) is 14.1. The molecule has 0 aliphatic carbocycles. The molecule has 0 N–H and O–H groups in total. The van der Waals surface area contributed by atoms with Crippen molar-refractivity contribution in [2.45, 2.75) is 25.8 Å². The Morgan fingerprint density at radius 2 is 2.30 bits per heavy atom. The fourth-order valence-electron chi connectivity index (χ4n) is 3.20. The summed E-state index contributed by atoms with van der Waals surface area (Å²) in [5.74, 6) is 0. The number of hydrogen-bond donors (Lipinski definition) is 0. The van der Waals surface area contributed by atoms with Crippen LogP contribution >= 0.6 is 22.7 Å². The first-order chi connectivity index (χ1) is 11.2. The van der Waals surface area contributed by atoms with Gasteiger partial charge in [-0.2, -0.15) is 0 Å². The lowest BCUT2D eigenvalue weighted by Crippen LogP contribution is -2.34. The molecule has 7 heteroatoms. The van der Waals surface area contributed by atoms with E-state index in [4.69, 9.17) is 4.98 Å². The number of thiophene rings is 1. The summed E-state index contributed by atoms with van der Waals surface area (Å²) in [4.78, 5) is 19.1. The average molecular weight is 345 g/mol. The van der Waals surface area contributed by atoms with Crippen LogP contribution in [0.5, 0.6) is 0 Å². The lowest BCUT2D eigenvalue weighted by Gasteiger charge is -2.35.